The van der Waals surface area contributed by atoms with Crippen molar-refractivity contribution in [3.05, 3.63) is 35.4 Å². The molecule has 0 heterocycles. The van der Waals surface area contributed by atoms with Gasteiger partial charge in [0.15, 0.2) is 23.0 Å². The van der Waals surface area contributed by atoms with Crippen molar-refractivity contribution in [2.45, 2.75) is 32.1 Å². The fourth-order valence-corrected chi connectivity index (χ4v) is 3.19. The van der Waals surface area contributed by atoms with E-state index in [1.807, 2.05) is 0 Å². The Morgan fingerprint density at radius 1 is 0.676 bits per heavy atom. The Morgan fingerprint density at radius 2 is 1.00 bits per heavy atom. The van der Waals surface area contributed by atoms with Gasteiger partial charge in [0.2, 0.25) is 23.3 Å². The molecule has 2 rings (SSSR count). The van der Waals surface area contributed by atoms with Crippen molar-refractivity contribution >= 4 is 24.2 Å². The Bertz CT molecular complexity index is 996. The number of benzene rings is 2. The number of unbranched alkanes of at least 4 members (excludes halogenated alkanes) is 2. The summed E-state index contributed by atoms with van der Waals surface area (Å²) >= 11 is 0. The molecule has 12 nitrogen and oxygen atoms in total. The van der Waals surface area contributed by atoms with Gasteiger partial charge in [0.05, 0.1) is 40.9 Å². The van der Waals surface area contributed by atoms with E-state index in [1.54, 1.807) is 24.3 Å². The van der Waals surface area contributed by atoms with Crippen molar-refractivity contribution in [3.63, 3.8) is 0 Å². The molecule has 0 spiro atoms. The lowest BCUT2D eigenvalue weighted by Gasteiger charge is -2.09. The average molecular weight is 517 g/mol. The predicted octanol–water partition coefficient (Wildman–Crippen LogP) is 2.68. The number of carbonyl (C=O) groups excluding carboxylic acids is 2. The van der Waals surface area contributed by atoms with Crippen LogP contribution in [0.5, 0.6) is 34.5 Å². The number of methoxy groups -OCH3 is 4. The van der Waals surface area contributed by atoms with Crippen LogP contribution in [-0.2, 0) is 9.59 Å². The number of phenols is 2. The average Bonchev–Trinajstić information content (AvgIpc) is 2.89. The third kappa shape index (κ3) is 8.91. The summed E-state index contributed by atoms with van der Waals surface area (Å²) in [5, 5.41) is 27.7. The summed E-state index contributed by atoms with van der Waals surface area (Å²) in [5.41, 5.74) is 6.02. The van der Waals surface area contributed by atoms with E-state index in [-0.39, 0.29) is 59.2 Å². The first-order valence-corrected chi connectivity index (χ1v) is 11.4. The first kappa shape index (κ1) is 28.8. The molecule has 4 N–H and O–H groups in total. The van der Waals surface area contributed by atoms with Crippen molar-refractivity contribution in [2.75, 3.05) is 28.4 Å². The fraction of sp³-hybridized carbons (Fsp3) is 0.360. The number of rotatable bonds is 14. The molecule has 2 aromatic carbocycles. The molecule has 0 unspecified atom stereocenters. The van der Waals surface area contributed by atoms with Crippen molar-refractivity contribution in [3.8, 4) is 34.5 Å². The maximum absolute atomic E-state index is 12.0. The van der Waals surface area contributed by atoms with E-state index in [2.05, 4.69) is 21.1 Å². The minimum atomic E-state index is -0.261. The van der Waals surface area contributed by atoms with Crippen LogP contribution < -0.4 is 29.8 Å². The number of nitrogens with one attached hydrogen (secondary N) is 2. The highest BCUT2D eigenvalue weighted by atomic mass is 16.5. The van der Waals surface area contributed by atoms with E-state index < -0.39 is 0 Å². The minimum absolute atomic E-state index is 0.120. The normalized spacial score (nSPS) is 10.9. The molecular formula is C25H32N4O8. The quantitative estimate of drug-likeness (QED) is 0.169. The zero-order valence-electron chi connectivity index (χ0n) is 21.2. The van der Waals surface area contributed by atoms with Crippen LogP contribution in [-0.4, -0.2) is 62.9 Å². The standard InChI is InChI=1S/C25H32N4O8/c1-34-18-10-16(11-19(35-2)24(18)32)14-26-28-22(30)8-6-5-7-9-23(31)29-27-15-17-12-20(36-3)25(33)21(13-17)37-4/h10-15,32-33H,5-9H2,1-4H3,(H,28,30)(H,29,31). The summed E-state index contributed by atoms with van der Waals surface area (Å²) in [7, 11) is 5.67. The minimum Gasteiger partial charge on any atom is -0.502 e. The van der Waals surface area contributed by atoms with Crippen LogP contribution in [0.4, 0.5) is 0 Å². The highest BCUT2D eigenvalue weighted by Crippen LogP contribution is 2.37. The Hall–Kier alpha value is -4.48. The van der Waals surface area contributed by atoms with Crippen LogP contribution in [0.2, 0.25) is 0 Å². The SMILES string of the molecule is COc1cc(C=NNC(=O)CCCCCC(=O)NN=Cc2cc(OC)c(O)c(OC)c2)cc(OC)c1O. The summed E-state index contributed by atoms with van der Waals surface area (Å²) in [6, 6.07) is 6.23. The van der Waals surface area contributed by atoms with E-state index in [0.717, 1.165) is 0 Å². The third-order valence-corrected chi connectivity index (χ3v) is 5.12. The van der Waals surface area contributed by atoms with E-state index in [9.17, 15) is 19.8 Å². The Labute approximate surface area is 214 Å². The number of nitrogens with zero attached hydrogens (tertiary/aromatic N) is 2. The van der Waals surface area contributed by atoms with Crippen LogP contribution in [0.25, 0.3) is 0 Å². The van der Waals surface area contributed by atoms with Crippen LogP contribution in [0.1, 0.15) is 43.2 Å². The maximum atomic E-state index is 12.0. The van der Waals surface area contributed by atoms with Crippen molar-refractivity contribution in [1.29, 1.82) is 0 Å². The molecule has 12 heteroatoms. The fourth-order valence-electron chi connectivity index (χ4n) is 3.19. The molecule has 0 saturated heterocycles. The summed E-state index contributed by atoms with van der Waals surface area (Å²) in [6.45, 7) is 0. The van der Waals surface area contributed by atoms with Crippen LogP contribution >= 0.6 is 0 Å². The zero-order chi connectivity index (χ0) is 27.2. The molecule has 2 amide bonds. The second-order valence-corrected chi connectivity index (χ2v) is 7.70. The molecule has 0 aromatic heterocycles. The Kier molecular flexibility index (Phi) is 11.5. The number of phenolic OH excluding ortho intramolecular Hbond substituents is 2. The number of amides is 2. The van der Waals surface area contributed by atoms with Crippen LogP contribution in [0, 0.1) is 0 Å². The van der Waals surface area contributed by atoms with E-state index in [4.69, 9.17) is 18.9 Å². The second-order valence-electron chi connectivity index (χ2n) is 7.70. The summed E-state index contributed by atoms with van der Waals surface area (Å²) in [5.74, 6) is 0.136. The lowest BCUT2D eigenvalue weighted by Crippen LogP contribution is -2.18. The highest BCUT2D eigenvalue weighted by molar-refractivity contribution is 5.85. The smallest absolute Gasteiger partial charge is 0.240 e. The first-order chi connectivity index (χ1) is 17.8. The topological polar surface area (TPSA) is 160 Å². The first-order valence-electron chi connectivity index (χ1n) is 11.4. The number of hydrazone groups is 2. The van der Waals surface area contributed by atoms with E-state index >= 15 is 0 Å². The van der Waals surface area contributed by atoms with Gasteiger partial charge in [-0.2, -0.15) is 10.2 Å². The van der Waals surface area contributed by atoms with E-state index in [1.165, 1.54) is 40.9 Å². The maximum Gasteiger partial charge on any atom is 0.240 e. The molecule has 0 bridgehead atoms. The predicted molar refractivity (Wildman–Crippen MR) is 137 cm³/mol. The molecule has 0 atom stereocenters. The molecule has 0 aliphatic heterocycles. The number of hydrogen-bond donors (Lipinski definition) is 4. The molecule has 0 radical (unpaired) electrons. The van der Waals surface area contributed by atoms with E-state index in [0.29, 0.717) is 30.4 Å². The number of hydrogen-bond acceptors (Lipinski definition) is 10. The molecule has 0 fully saturated rings. The monoisotopic (exact) mass is 516 g/mol. The van der Waals surface area contributed by atoms with Crippen molar-refractivity contribution in [2.24, 2.45) is 10.2 Å². The Morgan fingerprint density at radius 3 is 1.30 bits per heavy atom. The molecule has 37 heavy (non-hydrogen) atoms. The highest BCUT2D eigenvalue weighted by Gasteiger charge is 2.11. The lowest BCUT2D eigenvalue weighted by atomic mass is 10.1. The molecular weight excluding hydrogens is 484 g/mol. The number of aromatic hydroxyl groups is 2. The van der Waals surface area contributed by atoms with Gasteiger partial charge in [-0.3, -0.25) is 9.59 Å². The van der Waals surface area contributed by atoms with Gasteiger partial charge in [-0.15, -0.1) is 0 Å². The largest absolute Gasteiger partial charge is 0.502 e. The number of ether oxygens (including phenoxy) is 4. The van der Waals surface area contributed by atoms with Crippen molar-refractivity contribution < 1.29 is 38.7 Å². The van der Waals surface area contributed by atoms with Crippen molar-refractivity contribution in [1.82, 2.24) is 10.9 Å². The Balaban J connectivity index is 1.68. The van der Waals surface area contributed by atoms with Crippen LogP contribution in [0.3, 0.4) is 0 Å². The second kappa shape index (κ2) is 14.8. The zero-order valence-corrected chi connectivity index (χ0v) is 21.2. The summed E-state index contributed by atoms with van der Waals surface area (Å²) in [6.07, 6.45) is 5.19. The van der Waals surface area contributed by atoms with Crippen LogP contribution in [0.15, 0.2) is 34.5 Å². The van der Waals surface area contributed by atoms with Gasteiger partial charge >= 0.3 is 0 Å². The number of carbonyl (C=O) groups is 2. The molecule has 2 aromatic rings. The van der Waals surface area contributed by atoms with Gasteiger partial charge < -0.3 is 29.2 Å². The molecule has 0 aliphatic rings. The van der Waals surface area contributed by atoms with Gasteiger partial charge in [0.1, 0.15) is 0 Å². The van der Waals surface area contributed by atoms with Gasteiger partial charge in [-0.1, -0.05) is 6.42 Å². The van der Waals surface area contributed by atoms with Gasteiger partial charge in [-0.25, -0.2) is 10.9 Å². The molecule has 0 aliphatic carbocycles. The summed E-state index contributed by atoms with van der Waals surface area (Å²) < 4.78 is 20.3. The molecule has 0 saturated carbocycles. The molecule has 200 valence electrons. The van der Waals surface area contributed by atoms with Gasteiger partial charge in [0, 0.05) is 24.0 Å². The third-order valence-electron chi connectivity index (χ3n) is 5.12. The lowest BCUT2D eigenvalue weighted by molar-refractivity contribution is -0.121. The summed E-state index contributed by atoms with van der Waals surface area (Å²) in [4.78, 5) is 23.9. The van der Waals surface area contributed by atoms with Gasteiger partial charge in [0.25, 0.3) is 0 Å². The van der Waals surface area contributed by atoms with Gasteiger partial charge in [-0.05, 0) is 37.1 Å².